The molecule has 46 heavy (non-hydrogen) atoms. The fourth-order valence-corrected chi connectivity index (χ4v) is 8.08. The van der Waals surface area contributed by atoms with E-state index in [0.717, 1.165) is 0 Å². The number of hydrogen-bond acceptors (Lipinski definition) is 11. The van der Waals surface area contributed by atoms with Gasteiger partial charge in [0, 0.05) is 37.8 Å². The van der Waals surface area contributed by atoms with Crippen molar-refractivity contribution < 1.29 is 43.2 Å². The number of alkyl carbamates (subject to hydrolysis) is 1. The fraction of sp³-hybridized carbons (Fsp3) is 0.912. The third kappa shape index (κ3) is 7.57. The Bertz CT molecular complexity index is 1080. The second-order valence-electron chi connectivity index (χ2n) is 14.7. The summed E-state index contributed by atoms with van der Waals surface area (Å²) in [5, 5.41) is 14.5. The van der Waals surface area contributed by atoms with E-state index < -0.39 is 65.2 Å². The van der Waals surface area contributed by atoms with E-state index in [9.17, 15) is 19.5 Å². The number of hydrogen-bond donors (Lipinski definition) is 2. The smallest absolute Gasteiger partial charge is 0.408 e. The van der Waals surface area contributed by atoms with Crippen LogP contribution in [-0.4, -0.2) is 128 Å². The average Bonchev–Trinajstić information content (AvgIpc) is 3.29. The molecule has 0 aromatic rings. The standard InChI is InChI=1S/C34H61N3O9/c1-13-23(36(10)11)25(38)29(42-15-3)45-28-21(5)27(39)32(7)16-17-43-33(28,8)18-20(4)19-37(12)22(6)26-34(9,46-31(41)35-26)24(14-2)44-30(32)40/h20-26,28-29,38H,13-19H2,1-12H3,(H,35,41)/t20-,21+,22-,23?,24-,25?,26-,28-,29+,32+,33+,34-/m1/s1. The first-order valence-corrected chi connectivity index (χ1v) is 17.1. The van der Waals surface area contributed by atoms with E-state index in [2.05, 4.69) is 17.1 Å². The maximum Gasteiger partial charge on any atom is 0.408 e. The highest BCUT2D eigenvalue weighted by Crippen LogP contribution is 2.43. The van der Waals surface area contributed by atoms with Gasteiger partial charge in [-0.2, -0.15) is 0 Å². The minimum Gasteiger partial charge on any atom is -0.457 e. The maximum absolute atomic E-state index is 14.6. The van der Waals surface area contributed by atoms with Gasteiger partial charge >= 0.3 is 12.1 Å². The number of aliphatic hydroxyl groups excluding tert-OH is 1. The second kappa shape index (κ2) is 15.2. The summed E-state index contributed by atoms with van der Waals surface area (Å²) in [6.07, 6.45) is -2.59. The van der Waals surface area contributed by atoms with Crippen molar-refractivity contribution in [2.75, 3.05) is 40.9 Å². The van der Waals surface area contributed by atoms with Crippen LogP contribution in [-0.2, 0) is 33.3 Å². The Kier molecular flexibility index (Phi) is 12.7. The van der Waals surface area contributed by atoms with E-state index in [0.29, 0.717) is 25.8 Å². The maximum atomic E-state index is 14.6. The number of likely N-dealkylation sites (N-methyl/N-ethyl adjacent to an activating group) is 2. The van der Waals surface area contributed by atoms with Gasteiger partial charge in [-0.05, 0) is 87.4 Å². The van der Waals surface area contributed by atoms with E-state index >= 15 is 0 Å². The number of amides is 1. The predicted molar refractivity (Wildman–Crippen MR) is 173 cm³/mol. The van der Waals surface area contributed by atoms with Gasteiger partial charge in [-0.3, -0.25) is 9.59 Å². The zero-order valence-electron chi connectivity index (χ0n) is 30.3. The largest absolute Gasteiger partial charge is 0.457 e. The molecule has 2 N–H and O–H groups in total. The lowest BCUT2D eigenvalue weighted by molar-refractivity contribution is -0.273. The van der Waals surface area contributed by atoms with Crippen molar-refractivity contribution in [1.82, 2.24) is 15.1 Å². The van der Waals surface area contributed by atoms with E-state index in [-0.39, 0.29) is 43.4 Å². The van der Waals surface area contributed by atoms with Gasteiger partial charge in [0.05, 0.1) is 17.7 Å². The summed E-state index contributed by atoms with van der Waals surface area (Å²) < 4.78 is 31.4. The lowest BCUT2D eigenvalue weighted by Crippen LogP contribution is -2.60. The molecule has 4 aliphatic heterocycles. The molecule has 0 spiro atoms. The number of nitrogens with zero attached hydrogens (tertiary/aromatic N) is 2. The average molecular weight is 656 g/mol. The molecule has 0 aromatic heterocycles. The Labute approximate surface area is 276 Å². The quantitative estimate of drug-likeness (QED) is 0.215. The summed E-state index contributed by atoms with van der Waals surface area (Å²) in [6.45, 7) is 18.0. The van der Waals surface area contributed by atoms with Gasteiger partial charge in [-0.1, -0.05) is 27.7 Å². The number of esters is 1. The van der Waals surface area contributed by atoms with Gasteiger partial charge in [-0.25, -0.2) is 4.79 Å². The number of carbonyl (C=O) groups is 3. The number of aliphatic hydroxyl groups is 1. The van der Waals surface area contributed by atoms with Gasteiger partial charge in [-0.15, -0.1) is 0 Å². The number of Topliss-reactive ketones (excluding diaryl/α,β-unsaturated/α-hetero) is 1. The molecule has 0 aromatic carbocycles. The van der Waals surface area contributed by atoms with Crippen LogP contribution in [0.15, 0.2) is 0 Å². The van der Waals surface area contributed by atoms with Crippen LogP contribution < -0.4 is 5.32 Å². The molecule has 2 unspecified atom stereocenters. The normalized spacial score (nSPS) is 40.2. The Morgan fingerprint density at radius 3 is 2.33 bits per heavy atom. The van der Waals surface area contributed by atoms with Crippen molar-refractivity contribution in [3.8, 4) is 0 Å². The molecular weight excluding hydrogens is 594 g/mol. The van der Waals surface area contributed by atoms with Crippen molar-refractivity contribution in [3.05, 3.63) is 0 Å². The number of ketones is 1. The summed E-state index contributed by atoms with van der Waals surface area (Å²) in [4.78, 5) is 45.5. The minimum atomic E-state index is -1.55. The van der Waals surface area contributed by atoms with Crippen molar-refractivity contribution in [1.29, 1.82) is 0 Å². The van der Waals surface area contributed by atoms with Crippen LogP contribution in [0.2, 0.25) is 0 Å². The minimum absolute atomic E-state index is 0.0616. The topological polar surface area (TPSA) is 136 Å². The van der Waals surface area contributed by atoms with Crippen LogP contribution in [0.5, 0.6) is 0 Å². The molecule has 0 aliphatic carbocycles. The molecule has 12 heteroatoms. The number of rotatable bonds is 9. The van der Waals surface area contributed by atoms with Crippen molar-refractivity contribution >= 4 is 17.8 Å². The Morgan fingerprint density at radius 1 is 1.11 bits per heavy atom. The van der Waals surface area contributed by atoms with Crippen LogP contribution in [0.3, 0.4) is 0 Å². The number of carbonyl (C=O) groups excluding carboxylic acids is 3. The lowest BCUT2D eigenvalue weighted by atomic mass is 9.70. The molecule has 0 saturated carbocycles. The zero-order valence-corrected chi connectivity index (χ0v) is 30.3. The van der Waals surface area contributed by atoms with Crippen molar-refractivity contribution in [2.24, 2.45) is 17.3 Å². The third-order valence-electron chi connectivity index (χ3n) is 10.9. The molecule has 0 radical (unpaired) electrons. The second-order valence-corrected chi connectivity index (χ2v) is 14.7. The van der Waals surface area contributed by atoms with Gasteiger partial charge in [0.25, 0.3) is 0 Å². The van der Waals surface area contributed by atoms with E-state index in [1.165, 1.54) is 0 Å². The van der Waals surface area contributed by atoms with Gasteiger partial charge in [0.1, 0.15) is 17.6 Å². The van der Waals surface area contributed by atoms with Crippen molar-refractivity contribution in [3.63, 3.8) is 0 Å². The SMILES string of the molecule is CCO[C@@H](O[C@@H]1[C@@H](C)C(=O)[C@]2(C)CCO[C@@]1(C)C[C@@H](C)CN(C)[C@H](C)[C@H]1NC(=O)O[C@]1(C)[C@@H](CC)OC2=O)C(O)C(CC)N(C)C. The summed E-state index contributed by atoms with van der Waals surface area (Å²) in [6, 6.07) is -0.905. The van der Waals surface area contributed by atoms with Crippen LogP contribution >= 0.6 is 0 Å². The molecule has 4 aliphatic rings. The van der Waals surface area contributed by atoms with Crippen LogP contribution in [0.4, 0.5) is 4.79 Å². The van der Waals surface area contributed by atoms with Crippen LogP contribution in [0.1, 0.15) is 88.0 Å². The first kappa shape index (κ1) is 38.6. The third-order valence-corrected chi connectivity index (χ3v) is 10.9. The number of ether oxygens (including phenoxy) is 5. The molecule has 1 amide bonds. The summed E-state index contributed by atoms with van der Waals surface area (Å²) in [5.74, 6) is -1.77. The summed E-state index contributed by atoms with van der Waals surface area (Å²) in [7, 11) is 5.79. The highest BCUT2D eigenvalue weighted by atomic mass is 16.7. The summed E-state index contributed by atoms with van der Waals surface area (Å²) >= 11 is 0. The zero-order chi connectivity index (χ0) is 34.8. The molecule has 4 saturated heterocycles. The molecule has 4 rings (SSSR count). The van der Waals surface area contributed by atoms with E-state index in [1.54, 1.807) is 20.8 Å². The molecule has 266 valence electrons. The molecule has 4 heterocycles. The predicted octanol–water partition coefficient (Wildman–Crippen LogP) is 3.37. The fourth-order valence-electron chi connectivity index (χ4n) is 8.08. The Balaban J connectivity index is 2.15. The molecular formula is C34H61N3O9. The summed E-state index contributed by atoms with van der Waals surface area (Å²) in [5.41, 5.74) is -3.68. The Morgan fingerprint density at radius 2 is 1.76 bits per heavy atom. The lowest BCUT2D eigenvalue weighted by Gasteiger charge is -2.47. The highest BCUT2D eigenvalue weighted by molar-refractivity contribution is 6.04. The molecule has 2 bridgehead atoms. The van der Waals surface area contributed by atoms with Gasteiger partial charge in [0.2, 0.25) is 0 Å². The molecule has 4 fully saturated rings. The van der Waals surface area contributed by atoms with Gasteiger partial charge in [0.15, 0.2) is 17.7 Å². The molecule has 12 nitrogen and oxygen atoms in total. The Hall–Kier alpha value is -1.83. The number of fused-ring (bicyclic) bond motifs is 10. The van der Waals surface area contributed by atoms with Gasteiger partial charge < -0.3 is 43.9 Å². The van der Waals surface area contributed by atoms with Crippen LogP contribution in [0.25, 0.3) is 0 Å². The monoisotopic (exact) mass is 655 g/mol. The molecule has 12 atom stereocenters. The highest BCUT2D eigenvalue weighted by Gasteiger charge is 2.58. The van der Waals surface area contributed by atoms with Crippen molar-refractivity contribution in [2.45, 2.75) is 142 Å². The number of nitrogens with one attached hydrogen (secondary N) is 1. The van der Waals surface area contributed by atoms with Crippen LogP contribution in [0, 0.1) is 17.3 Å². The van der Waals surface area contributed by atoms with E-state index in [1.807, 2.05) is 60.7 Å². The first-order chi connectivity index (χ1) is 21.4. The first-order valence-electron chi connectivity index (χ1n) is 17.1. The van der Waals surface area contributed by atoms with E-state index in [4.69, 9.17) is 23.7 Å².